The smallest absolute Gasteiger partial charge is 0.227 e. The fraction of sp³-hybridized carbons (Fsp3) is 0.533. The zero-order valence-electron chi connectivity index (χ0n) is 10.3. The van der Waals surface area contributed by atoms with Gasteiger partial charge in [-0.15, -0.1) is 0 Å². The third-order valence-electron chi connectivity index (χ3n) is 4.36. The number of aryl methyl sites for hydroxylation is 1. The predicted octanol–water partition coefficient (Wildman–Crippen LogP) is 3.37. The highest BCUT2D eigenvalue weighted by atomic mass is 16.1. The van der Waals surface area contributed by atoms with Gasteiger partial charge in [0.25, 0.3) is 0 Å². The summed E-state index contributed by atoms with van der Waals surface area (Å²) in [5.41, 5.74) is 2.13. The Morgan fingerprint density at radius 2 is 2.18 bits per heavy atom. The minimum atomic E-state index is 0.239. The van der Waals surface area contributed by atoms with Crippen molar-refractivity contribution in [2.75, 3.05) is 5.32 Å². The van der Waals surface area contributed by atoms with Gasteiger partial charge in [-0.3, -0.25) is 4.79 Å². The van der Waals surface area contributed by atoms with E-state index in [-0.39, 0.29) is 11.8 Å². The van der Waals surface area contributed by atoms with Crippen LogP contribution in [0.1, 0.15) is 31.2 Å². The van der Waals surface area contributed by atoms with E-state index in [9.17, 15) is 4.79 Å². The zero-order valence-corrected chi connectivity index (χ0v) is 10.3. The molecule has 2 heteroatoms. The van der Waals surface area contributed by atoms with Crippen molar-refractivity contribution in [3.8, 4) is 0 Å². The predicted molar refractivity (Wildman–Crippen MR) is 68.7 cm³/mol. The number of amides is 1. The van der Waals surface area contributed by atoms with Gasteiger partial charge in [0.1, 0.15) is 0 Å². The van der Waals surface area contributed by atoms with E-state index >= 15 is 0 Å². The van der Waals surface area contributed by atoms with E-state index in [1.165, 1.54) is 24.8 Å². The van der Waals surface area contributed by atoms with Crippen LogP contribution in [0, 0.1) is 24.7 Å². The Morgan fingerprint density at radius 1 is 1.29 bits per heavy atom. The summed E-state index contributed by atoms with van der Waals surface area (Å²) in [7, 11) is 0. The van der Waals surface area contributed by atoms with Crippen LogP contribution in [0.25, 0.3) is 0 Å². The zero-order chi connectivity index (χ0) is 11.8. The van der Waals surface area contributed by atoms with Crippen LogP contribution in [-0.2, 0) is 4.79 Å². The Bertz CT molecular complexity index is 440. The van der Waals surface area contributed by atoms with Gasteiger partial charge in [0.05, 0.1) is 0 Å². The van der Waals surface area contributed by atoms with Crippen molar-refractivity contribution in [2.24, 2.45) is 17.8 Å². The van der Waals surface area contributed by atoms with Crippen LogP contribution in [0.5, 0.6) is 0 Å². The van der Waals surface area contributed by atoms with Gasteiger partial charge >= 0.3 is 0 Å². The van der Waals surface area contributed by atoms with Crippen molar-refractivity contribution in [1.29, 1.82) is 0 Å². The molecule has 2 aliphatic rings. The van der Waals surface area contributed by atoms with Crippen LogP contribution >= 0.6 is 0 Å². The van der Waals surface area contributed by atoms with E-state index < -0.39 is 0 Å². The molecule has 2 bridgehead atoms. The van der Waals surface area contributed by atoms with Crippen LogP contribution in [0.15, 0.2) is 24.3 Å². The first-order valence-corrected chi connectivity index (χ1v) is 6.60. The lowest BCUT2D eigenvalue weighted by Gasteiger charge is -2.20. The number of benzene rings is 1. The van der Waals surface area contributed by atoms with Crippen molar-refractivity contribution >= 4 is 11.6 Å². The molecule has 3 atom stereocenters. The molecule has 0 radical (unpaired) electrons. The van der Waals surface area contributed by atoms with Gasteiger partial charge < -0.3 is 5.32 Å². The number of rotatable bonds is 2. The summed E-state index contributed by atoms with van der Waals surface area (Å²) in [6.07, 6.45) is 5.00. The molecule has 2 aliphatic carbocycles. The molecule has 0 aliphatic heterocycles. The molecule has 0 spiro atoms. The Labute approximate surface area is 102 Å². The number of fused-ring (bicyclic) bond motifs is 2. The van der Waals surface area contributed by atoms with Gasteiger partial charge in [-0.1, -0.05) is 18.6 Å². The third-order valence-corrected chi connectivity index (χ3v) is 4.36. The second-order valence-corrected chi connectivity index (χ2v) is 5.64. The van der Waals surface area contributed by atoms with Gasteiger partial charge in [-0.05, 0) is 55.7 Å². The SMILES string of the molecule is Cc1cccc(NC(=O)[C@H]2C[C@H]3CC[C@H]2C3)c1. The fourth-order valence-corrected chi connectivity index (χ4v) is 3.52. The quantitative estimate of drug-likeness (QED) is 0.827. The minimum absolute atomic E-state index is 0.239. The van der Waals surface area contributed by atoms with Gasteiger partial charge in [-0.25, -0.2) is 0 Å². The Hall–Kier alpha value is -1.31. The Morgan fingerprint density at radius 3 is 2.82 bits per heavy atom. The molecule has 1 amide bonds. The van der Waals surface area contributed by atoms with E-state index in [0.29, 0.717) is 5.92 Å². The molecule has 2 nitrogen and oxygen atoms in total. The van der Waals surface area contributed by atoms with Crippen molar-refractivity contribution in [3.05, 3.63) is 29.8 Å². The summed E-state index contributed by atoms with van der Waals surface area (Å²) in [5, 5.41) is 3.07. The largest absolute Gasteiger partial charge is 0.326 e. The van der Waals surface area contributed by atoms with Crippen LogP contribution in [0.2, 0.25) is 0 Å². The molecule has 1 N–H and O–H groups in total. The average molecular weight is 229 g/mol. The number of nitrogens with one attached hydrogen (secondary N) is 1. The summed E-state index contributed by atoms with van der Waals surface area (Å²) in [6, 6.07) is 8.04. The maximum atomic E-state index is 12.2. The number of hydrogen-bond acceptors (Lipinski definition) is 1. The molecule has 2 saturated carbocycles. The molecule has 1 aromatic rings. The van der Waals surface area contributed by atoms with Crippen molar-refractivity contribution in [1.82, 2.24) is 0 Å². The summed E-state index contributed by atoms with van der Waals surface area (Å²) >= 11 is 0. The highest BCUT2D eigenvalue weighted by Crippen LogP contribution is 2.48. The third kappa shape index (κ3) is 2.08. The lowest BCUT2D eigenvalue weighted by molar-refractivity contribution is -0.121. The maximum Gasteiger partial charge on any atom is 0.227 e. The number of hydrogen-bond donors (Lipinski definition) is 1. The van der Waals surface area contributed by atoms with E-state index in [4.69, 9.17) is 0 Å². The van der Waals surface area contributed by atoms with Crippen molar-refractivity contribution in [2.45, 2.75) is 32.6 Å². The molecule has 3 rings (SSSR count). The molecule has 0 saturated heterocycles. The molecule has 0 unspecified atom stereocenters. The summed E-state index contributed by atoms with van der Waals surface area (Å²) in [6.45, 7) is 2.05. The monoisotopic (exact) mass is 229 g/mol. The standard InChI is InChI=1S/C15H19NO/c1-10-3-2-4-13(7-10)16-15(17)14-9-11-5-6-12(14)8-11/h2-4,7,11-12,14H,5-6,8-9H2,1H3,(H,16,17)/t11-,12-,14-/m0/s1. The fourth-order valence-electron chi connectivity index (χ4n) is 3.52. The average Bonchev–Trinajstić information content (AvgIpc) is 2.90. The van der Waals surface area contributed by atoms with Crippen LogP contribution < -0.4 is 5.32 Å². The van der Waals surface area contributed by atoms with Crippen molar-refractivity contribution in [3.63, 3.8) is 0 Å². The first kappa shape index (κ1) is 10.8. The van der Waals surface area contributed by atoms with Gasteiger partial charge in [-0.2, -0.15) is 0 Å². The first-order valence-electron chi connectivity index (χ1n) is 6.60. The molecule has 90 valence electrons. The van der Waals surface area contributed by atoms with Gasteiger partial charge in [0.2, 0.25) is 5.91 Å². The number of anilines is 1. The molecule has 2 fully saturated rings. The van der Waals surface area contributed by atoms with E-state index in [1.54, 1.807) is 0 Å². The van der Waals surface area contributed by atoms with Crippen LogP contribution in [0.4, 0.5) is 5.69 Å². The molecule has 0 aromatic heterocycles. The molecular weight excluding hydrogens is 210 g/mol. The molecular formula is C15H19NO. The van der Waals surface area contributed by atoms with Crippen LogP contribution in [-0.4, -0.2) is 5.91 Å². The molecule has 0 heterocycles. The van der Waals surface area contributed by atoms with E-state index in [2.05, 4.69) is 5.32 Å². The summed E-state index contributed by atoms with van der Waals surface area (Å²) < 4.78 is 0. The number of carbonyl (C=O) groups excluding carboxylic acids is 1. The minimum Gasteiger partial charge on any atom is -0.326 e. The Balaban J connectivity index is 1.68. The van der Waals surface area contributed by atoms with Crippen LogP contribution in [0.3, 0.4) is 0 Å². The van der Waals surface area contributed by atoms with Gasteiger partial charge in [0, 0.05) is 11.6 Å². The van der Waals surface area contributed by atoms with E-state index in [1.807, 2.05) is 31.2 Å². The maximum absolute atomic E-state index is 12.2. The van der Waals surface area contributed by atoms with Gasteiger partial charge in [0.15, 0.2) is 0 Å². The lowest BCUT2D eigenvalue weighted by atomic mass is 9.88. The summed E-state index contributed by atoms with van der Waals surface area (Å²) in [4.78, 5) is 12.2. The number of carbonyl (C=O) groups is 1. The second kappa shape index (κ2) is 4.17. The first-order chi connectivity index (χ1) is 8.22. The highest BCUT2D eigenvalue weighted by Gasteiger charge is 2.42. The Kier molecular flexibility index (Phi) is 2.65. The normalized spacial score (nSPS) is 30.5. The molecule has 17 heavy (non-hydrogen) atoms. The molecule has 1 aromatic carbocycles. The van der Waals surface area contributed by atoms with E-state index in [0.717, 1.165) is 18.0 Å². The summed E-state index contributed by atoms with van der Waals surface area (Å²) in [5.74, 6) is 2.00. The highest BCUT2D eigenvalue weighted by molar-refractivity contribution is 5.93. The van der Waals surface area contributed by atoms with Crippen molar-refractivity contribution < 1.29 is 4.79 Å². The second-order valence-electron chi connectivity index (χ2n) is 5.64. The lowest BCUT2D eigenvalue weighted by Crippen LogP contribution is -2.27. The topological polar surface area (TPSA) is 29.1 Å².